The Morgan fingerprint density at radius 3 is 2.66 bits per heavy atom. The summed E-state index contributed by atoms with van der Waals surface area (Å²) in [6.45, 7) is 2.44. The third kappa shape index (κ3) is 6.36. The molecule has 0 spiro atoms. The first kappa shape index (κ1) is 28.1. The standard InChI is InChI=1S/C25H28Cl2N8O2S/c1-34(8-10-38-3)7-9-37-23-15(13-28)12-20(32-33-23)30-25-29-14-16-11-17(24(36)35(2)22(16)31-25)21-18(26)5-4-6-19(21)27/h4-6,11-12,14H,7-10,13,28H2,1-3H3,(H,29,30,31,32). The summed E-state index contributed by atoms with van der Waals surface area (Å²) in [7, 11) is 3.68. The summed E-state index contributed by atoms with van der Waals surface area (Å²) in [4.78, 5) is 24.3. The molecule has 200 valence electrons. The second-order valence-electron chi connectivity index (χ2n) is 8.53. The number of thioether (sulfide) groups is 1. The highest BCUT2D eigenvalue weighted by Gasteiger charge is 2.17. The van der Waals surface area contributed by atoms with E-state index in [0.29, 0.717) is 56.1 Å². The Morgan fingerprint density at radius 1 is 1.18 bits per heavy atom. The van der Waals surface area contributed by atoms with Crippen LogP contribution in [0.1, 0.15) is 5.56 Å². The van der Waals surface area contributed by atoms with Gasteiger partial charge in [-0.05, 0) is 37.6 Å². The summed E-state index contributed by atoms with van der Waals surface area (Å²) in [5, 5.41) is 12.8. The van der Waals surface area contributed by atoms with Crippen molar-refractivity contribution in [2.75, 3.05) is 44.1 Å². The normalized spacial score (nSPS) is 11.3. The van der Waals surface area contributed by atoms with Crippen LogP contribution >= 0.6 is 35.0 Å². The molecule has 4 rings (SSSR count). The number of ether oxygens (including phenoxy) is 1. The monoisotopic (exact) mass is 574 g/mol. The first-order chi connectivity index (χ1) is 18.3. The van der Waals surface area contributed by atoms with Crippen molar-refractivity contribution < 1.29 is 4.74 Å². The lowest BCUT2D eigenvalue weighted by Crippen LogP contribution is -2.26. The van der Waals surface area contributed by atoms with Gasteiger partial charge in [-0.15, -0.1) is 10.2 Å². The highest BCUT2D eigenvalue weighted by molar-refractivity contribution is 7.98. The molecule has 10 nitrogen and oxygen atoms in total. The zero-order valence-electron chi connectivity index (χ0n) is 21.2. The van der Waals surface area contributed by atoms with Crippen molar-refractivity contribution in [1.29, 1.82) is 0 Å². The Morgan fingerprint density at radius 2 is 1.95 bits per heavy atom. The topological polar surface area (TPSA) is 124 Å². The molecule has 4 aromatic rings. The maximum atomic E-state index is 13.2. The van der Waals surface area contributed by atoms with Gasteiger partial charge in [0.1, 0.15) is 12.3 Å². The van der Waals surface area contributed by atoms with Crippen LogP contribution < -0.4 is 21.3 Å². The van der Waals surface area contributed by atoms with Gasteiger partial charge in [0.2, 0.25) is 11.8 Å². The van der Waals surface area contributed by atoms with Gasteiger partial charge in [0.25, 0.3) is 5.56 Å². The predicted molar refractivity (Wildman–Crippen MR) is 155 cm³/mol. The zero-order valence-corrected chi connectivity index (χ0v) is 23.6. The van der Waals surface area contributed by atoms with Gasteiger partial charge in [-0.25, -0.2) is 4.98 Å². The number of pyridine rings is 1. The quantitative estimate of drug-likeness (QED) is 0.272. The van der Waals surface area contributed by atoms with Crippen LogP contribution in [0.4, 0.5) is 11.8 Å². The van der Waals surface area contributed by atoms with Crippen molar-refractivity contribution in [3.05, 3.63) is 62.5 Å². The third-order valence-electron chi connectivity index (χ3n) is 5.86. The van der Waals surface area contributed by atoms with Gasteiger partial charge < -0.3 is 20.7 Å². The second-order valence-corrected chi connectivity index (χ2v) is 10.3. The van der Waals surface area contributed by atoms with Crippen LogP contribution in [-0.4, -0.2) is 68.4 Å². The Hall–Kier alpha value is -2.96. The first-order valence-corrected chi connectivity index (χ1v) is 13.9. The van der Waals surface area contributed by atoms with Gasteiger partial charge in [-0.2, -0.15) is 16.7 Å². The van der Waals surface area contributed by atoms with E-state index in [0.717, 1.165) is 18.8 Å². The third-order valence-corrected chi connectivity index (χ3v) is 7.08. The average Bonchev–Trinajstić information content (AvgIpc) is 2.91. The number of rotatable bonds is 11. The summed E-state index contributed by atoms with van der Waals surface area (Å²) in [5.41, 5.74) is 7.60. The molecular weight excluding hydrogens is 547 g/mol. The summed E-state index contributed by atoms with van der Waals surface area (Å²) >= 11 is 14.5. The maximum absolute atomic E-state index is 13.2. The molecule has 0 aliphatic carbocycles. The summed E-state index contributed by atoms with van der Waals surface area (Å²) in [6, 6.07) is 8.54. The number of aromatic nitrogens is 5. The SMILES string of the molecule is CSCCN(C)CCOc1nnc(Nc2ncc3cc(-c4c(Cl)cccc4Cl)c(=O)n(C)c3n2)cc1CN. The van der Waals surface area contributed by atoms with Gasteiger partial charge in [0.15, 0.2) is 5.82 Å². The number of hydrogen-bond donors (Lipinski definition) is 2. The van der Waals surface area contributed by atoms with E-state index in [1.54, 1.807) is 55.3 Å². The maximum Gasteiger partial charge on any atom is 0.259 e. The van der Waals surface area contributed by atoms with Gasteiger partial charge in [0, 0.05) is 55.1 Å². The fourth-order valence-corrected chi connectivity index (χ4v) is 4.86. The molecule has 0 unspecified atom stereocenters. The molecule has 0 aliphatic rings. The van der Waals surface area contributed by atoms with Crippen LogP contribution in [-0.2, 0) is 13.6 Å². The zero-order chi connectivity index (χ0) is 27.2. The van der Waals surface area contributed by atoms with Crippen LogP contribution in [0, 0.1) is 0 Å². The molecule has 0 saturated carbocycles. The molecule has 0 fully saturated rings. The van der Waals surface area contributed by atoms with Crippen molar-refractivity contribution in [2.24, 2.45) is 12.8 Å². The minimum absolute atomic E-state index is 0.225. The molecule has 13 heteroatoms. The Labute approximate surface area is 234 Å². The first-order valence-electron chi connectivity index (χ1n) is 11.8. The minimum Gasteiger partial charge on any atom is -0.475 e. The molecule has 0 atom stereocenters. The number of halogens is 2. The average molecular weight is 576 g/mol. The lowest BCUT2D eigenvalue weighted by Gasteiger charge is -2.16. The van der Waals surface area contributed by atoms with Crippen molar-refractivity contribution >= 4 is 57.8 Å². The predicted octanol–water partition coefficient (Wildman–Crippen LogP) is 3.97. The van der Waals surface area contributed by atoms with E-state index in [1.807, 2.05) is 7.05 Å². The van der Waals surface area contributed by atoms with Crippen molar-refractivity contribution in [2.45, 2.75) is 6.54 Å². The van der Waals surface area contributed by atoms with Crippen molar-refractivity contribution in [1.82, 2.24) is 29.6 Å². The second kappa shape index (κ2) is 12.7. The number of nitrogens with zero attached hydrogens (tertiary/aromatic N) is 6. The van der Waals surface area contributed by atoms with Gasteiger partial charge >= 0.3 is 0 Å². The molecule has 3 N–H and O–H groups in total. The number of nitrogens with one attached hydrogen (secondary N) is 1. The molecule has 3 aromatic heterocycles. The van der Waals surface area contributed by atoms with E-state index < -0.39 is 0 Å². The molecule has 38 heavy (non-hydrogen) atoms. The lowest BCUT2D eigenvalue weighted by molar-refractivity contribution is 0.235. The fraction of sp³-hybridized carbons (Fsp3) is 0.320. The molecule has 0 radical (unpaired) electrons. The van der Waals surface area contributed by atoms with E-state index in [1.165, 1.54) is 4.57 Å². The van der Waals surface area contributed by atoms with E-state index in [4.69, 9.17) is 33.7 Å². The molecule has 3 heterocycles. The van der Waals surface area contributed by atoms with E-state index >= 15 is 0 Å². The van der Waals surface area contributed by atoms with Crippen LogP contribution in [0.3, 0.4) is 0 Å². The molecular formula is C25H28Cl2N8O2S. The number of aryl methyl sites for hydroxylation is 1. The van der Waals surface area contributed by atoms with E-state index in [9.17, 15) is 4.79 Å². The highest BCUT2D eigenvalue weighted by atomic mass is 35.5. The van der Waals surface area contributed by atoms with Crippen LogP contribution in [0.5, 0.6) is 5.88 Å². The Bertz CT molecular complexity index is 1480. The van der Waals surface area contributed by atoms with Crippen LogP contribution in [0.15, 0.2) is 41.3 Å². The van der Waals surface area contributed by atoms with Crippen molar-refractivity contribution in [3.8, 4) is 17.0 Å². The molecule has 0 saturated heterocycles. The Balaban J connectivity index is 1.54. The van der Waals surface area contributed by atoms with Gasteiger partial charge in [-0.3, -0.25) is 9.36 Å². The summed E-state index contributed by atoms with van der Waals surface area (Å²) < 4.78 is 7.25. The van der Waals surface area contributed by atoms with Gasteiger partial charge in [-0.1, -0.05) is 29.3 Å². The lowest BCUT2D eigenvalue weighted by atomic mass is 10.1. The van der Waals surface area contributed by atoms with E-state index in [2.05, 4.69) is 36.6 Å². The number of fused-ring (bicyclic) bond motifs is 1. The number of benzene rings is 1. The number of nitrogens with two attached hydrogens (primary N) is 1. The van der Waals surface area contributed by atoms with E-state index in [-0.39, 0.29) is 18.1 Å². The van der Waals surface area contributed by atoms with Crippen LogP contribution in [0.2, 0.25) is 10.0 Å². The van der Waals surface area contributed by atoms with Crippen LogP contribution in [0.25, 0.3) is 22.2 Å². The van der Waals surface area contributed by atoms with Crippen molar-refractivity contribution in [3.63, 3.8) is 0 Å². The Kier molecular flexibility index (Phi) is 9.40. The minimum atomic E-state index is -0.289. The molecule has 1 aromatic carbocycles. The summed E-state index contributed by atoms with van der Waals surface area (Å²) in [6.07, 6.45) is 3.70. The smallest absolute Gasteiger partial charge is 0.259 e. The largest absolute Gasteiger partial charge is 0.475 e. The molecule has 0 bridgehead atoms. The number of likely N-dealkylation sites (N-methyl/N-ethyl adjacent to an activating group) is 1. The molecule has 0 aliphatic heterocycles. The fourth-order valence-electron chi connectivity index (χ4n) is 3.76. The highest BCUT2D eigenvalue weighted by Crippen LogP contribution is 2.33. The number of hydrogen-bond acceptors (Lipinski definition) is 10. The number of anilines is 2. The van der Waals surface area contributed by atoms with Gasteiger partial charge in [0.05, 0.1) is 15.6 Å². The summed E-state index contributed by atoms with van der Waals surface area (Å²) in [5.74, 6) is 2.10. The molecule has 0 amide bonds.